The molecule has 0 aliphatic heterocycles. The molecule has 2 aromatic rings. The van der Waals surface area contributed by atoms with E-state index in [9.17, 15) is 14.7 Å². The number of anilines is 1. The fourth-order valence-electron chi connectivity index (χ4n) is 2.12. The number of amides is 2. The van der Waals surface area contributed by atoms with E-state index in [1.807, 2.05) is 0 Å². The number of phenolic OH excluding ortho intramolecular Hbond substituents is 1. The number of rotatable bonds is 7. The standard InChI is InChI=1S/C17H17N2O5/c1-12-3-2-4-15(21)16(12)19(17(18)22)11-24-14-7-5-13(6-8-14)23-10-9-20/h2-8,21H,10-11H2,1H3,(H2,18,22). The molecule has 0 heterocycles. The highest BCUT2D eigenvalue weighted by Gasteiger charge is 2.19. The lowest BCUT2D eigenvalue weighted by molar-refractivity contribution is 0.243. The second kappa shape index (κ2) is 7.87. The zero-order chi connectivity index (χ0) is 17.5. The maximum absolute atomic E-state index is 11.7. The van der Waals surface area contributed by atoms with Gasteiger partial charge in [-0.25, -0.2) is 4.79 Å². The number of aryl methyl sites for hydroxylation is 1. The molecule has 7 heteroatoms. The third kappa shape index (κ3) is 4.16. The van der Waals surface area contributed by atoms with E-state index >= 15 is 0 Å². The van der Waals surface area contributed by atoms with Crippen LogP contribution in [0.5, 0.6) is 17.2 Å². The Hall–Kier alpha value is -3.22. The lowest BCUT2D eigenvalue weighted by atomic mass is 10.1. The minimum absolute atomic E-state index is 0.0636. The fourth-order valence-corrected chi connectivity index (χ4v) is 2.12. The van der Waals surface area contributed by atoms with Crippen molar-refractivity contribution in [3.63, 3.8) is 0 Å². The average Bonchev–Trinajstić information content (AvgIpc) is 2.56. The van der Waals surface area contributed by atoms with Crippen LogP contribution in [0.2, 0.25) is 0 Å². The molecule has 0 aliphatic carbocycles. The summed E-state index contributed by atoms with van der Waals surface area (Å²) in [6.07, 6.45) is 1.63. The van der Waals surface area contributed by atoms with E-state index in [1.54, 1.807) is 49.6 Å². The van der Waals surface area contributed by atoms with Gasteiger partial charge in [-0.3, -0.25) is 9.69 Å². The minimum Gasteiger partial charge on any atom is -0.506 e. The van der Waals surface area contributed by atoms with Crippen LogP contribution >= 0.6 is 0 Å². The summed E-state index contributed by atoms with van der Waals surface area (Å²) >= 11 is 0. The normalized spacial score (nSPS) is 10.0. The van der Waals surface area contributed by atoms with E-state index in [0.717, 1.165) is 4.90 Å². The van der Waals surface area contributed by atoms with Crippen molar-refractivity contribution < 1.29 is 24.2 Å². The molecule has 1 radical (unpaired) electrons. The molecule has 0 fully saturated rings. The number of primary amides is 1. The number of phenols is 1. The second-order valence-corrected chi connectivity index (χ2v) is 4.89. The van der Waals surface area contributed by atoms with Gasteiger partial charge in [0.15, 0.2) is 13.3 Å². The Kier molecular flexibility index (Phi) is 5.62. The Morgan fingerprint density at radius 3 is 2.33 bits per heavy atom. The molecule has 0 saturated carbocycles. The molecule has 0 saturated heterocycles. The predicted molar refractivity (Wildman–Crippen MR) is 88.0 cm³/mol. The van der Waals surface area contributed by atoms with Crippen molar-refractivity contribution in [3.8, 4) is 17.2 Å². The molecule has 2 aromatic carbocycles. The number of aromatic hydroxyl groups is 1. The van der Waals surface area contributed by atoms with Gasteiger partial charge in [-0.05, 0) is 42.8 Å². The lowest BCUT2D eigenvalue weighted by Crippen LogP contribution is -2.39. The second-order valence-electron chi connectivity index (χ2n) is 4.89. The summed E-state index contributed by atoms with van der Waals surface area (Å²) in [6, 6.07) is 10.6. The number of para-hydroxylation sites is 1. The summed E-state index contributed by atoms with van der Waals surface area (Å²) in [4.78, 5) is 23.0. The van der Waals surface area contributed by atoms with Crippen LogP contribution in [-0.4, -0.2) is 30.8 Å². The minimum atomic E-state index is -0.749. The van der Waals surface area contributed by atoms with Crippen molar-refractivity contribution in [2.45, 2.75) is 6.92 Å². The monoisotopic (exact) mass is 329 g/mol. The van der Waals surface area contributed by atoms with Crippen LogP contribution in [0, 0.1) is 6.92 Å². The summed E-state index contributed by atoms with van der Waals surface area (Å²) in [6.45, 7) is 1.43. The van der Waals surface area contributed by atoms with Crippen LogP contribution in [-0.2, 0) is 4.79 Å². The molecule has 2 amide bonds. The number of hydrogen-bond acceptors (Lipinski definition) is 5. The molecule has 3 N–H and O–H groups in total. The Bertz CT molecular complexity index is 695. The highest BCUT2D eigenvalue weighted by Crippen LogP contribution is 2.30. The zero-order valence-electron chi connectivity index (χ0n) is 13.1. The largest absolute Gasteiger partial charge is 0.506 e. The van der Waals surface area contributed by atoms with Gasteiger partial charge in [0.05, 0.1) is 5.69 Å². The van der Waals surface area contributed by atoms with Gasteiger partial charge in [-0.1, -0.05) is 12.1 Å². The van der Waals surface area contributed by atoms with E-state index in [0.29, 0.717) is 22.7 Å². The lowest BCUT2D eigenvalue weighted by Gasteiger charge is -2.23. The van der Waals surface area contributed by atoms with Crippen LogP contribution in [0.25, 0.3) is 0 Å². The molecule has 0 aromatic heterocycles. The average molecular weight is 329 g/mol. The Balaban J connectivity index is 2.09. The summed E-state index contributed by atoms with van der Waals surface area (Å²) in [7, 11) is 0. The topological polar surface area (TPSA) is 102 Å². The molecule has 24 heavy (non-hydrogen) atoms. The number of urea groups is 1. The van der Waals surface area contributed by atoms with E-state index in [2.05, 4.69) is 0 Å². The van der Waals surface area contributed by atoms with Gasteiger partial charge in [0.2, 0.25) is 6.29 Å². The van der Waals surface area contributed by atoms with Crippen molar-refractivity contribution in [2.75, 3.05) is 18.2 Å². The number of nitrogens with zero attached hydrogens (tertiary/aromatic N) is 1. The molecular weight excluding hydrogens is 312 g/mol. The van der Waals surface area contributed by atoms with E-state index in [1.165, 1.54) is 6.07 Å². The molecule has 7 nitrogen and oxygen atoms in total. The first-order chi connectivity index (χ1) is 11.5. The molecule has 0 aliphatic rings. The third-order valence-electron chi connectivity index (χ3n) is 3.23. The Morgan fingerprint density at radius 1 is 1.17 bits per heavy atom. The maximum atomic E-state index is 11.7. The number of hydrogen-bond donors (Lipinski definition) is 2. The van der Waals surface area contributed by atoms with Gasteiger partial charge < -0.3 is 20.3 Å². The molecule has 125 valence electrons. The molecule has 0 unspecified atom stereocenters. The first-order valence-electron chi connectivity index (χ1n) is 7.09. The molecule has 0 spiro atoms. The molecule has 0 bridgehead atoms. The Labute approximate surface area is 139 Å². The van der Waals surface area contributed by atoms with E-state index < -0.39 is 6.03 Å². The number of nitrogens with two attached hydrogens (primary N) is 1. The third-order valence-corrected chi connectivity index (χ3v) is 3.23. The summed E-state index contributed by atoms with van der Waals surface area (Å²) in [5, 5.41) is 9.97. The zero-order valence-corrected chi connectivity index (χ0v) is 13.1. The number of carbonyl (C=O) groups is 1. The fraction of sp³-hybridized carbons (Fsp3) is 0.176. The first kappa shape index (κ1) is 17.1. The number of ether oxygens (including phenoxy) is 2. The molecule has 2 rings (SSSR count). The van der Waals surface area contributed by atoms with Gasteiger partial charge >= 0.3 is 6.03 Å². The molecular formula is C17H17N2O5. The van der Waals surface area contributed by atoms with E-state index in [-0.39, 0.29) is 19.1 Å². The highest BCUT2D eigenvalue weighted by molar-refractivity contribution is 5.93. The molecule has 0 atom stereocenters. The van der Waals surface area contributed by atoms with Crippen molar-refractivity contribution >= 4 is 18.0 Å². The SMILES string of the molecule is Cc1cccc(O)c1N(COc1ccc(OC[C]=O)cc1)C(N)=O. The predicted octanol–water partition coefficient (Wildman–Crippen LogP) is 2.11. The van der Waals surface area contributed by atoms with Crippen molar-refractivity contribution in [1.29, 1.82) is 0 Å². The summed E-state index contributed by atoms with van der Waals surface area (Å²) in [5.74, 6) is 0.900. The summed E-state index contributed by atoms with van der Waals surface area (Å²) < 4.78 is 10.6. The number of benzene rings is 2. The van der Waals surface area contributed by atoms with Gasteiger partial charge in [0, 0.05) is 0 Å². The van der Waals surface area contributed by atoms with Crippen molar-refractivity contribution in [3.05, 3.63) is 48.0 Å². The van der Waals surface area contributed by atoms with E-state index in [4.69, 9.17) is 15.2 Å². The van der Waals surface area contributed by atoms with Gasteiger partial charge in [0.25, 0.3) is 0 Å². The highest BCUT2D eigenvalue weighted by atomic mass is 16.5. The van der Waals surface area contributed by atoms with Crippen molar-refractivity contribution in [1.82, 2.24) is 0 Å². The quantitative estimate of drug-likeness (QED) is 0.758. The summed E-state index contributed by atoms with van der Waals surface area (Å²) in [5.41, 5.74) is 6.37. The van der Waals surface area contributed by atoms with Crippen LogP contribution in [0.1, 0.15) is 5.56 Å². The first-order valence-corrected chi connectivity index (χ1v) is 7.09. The van der Waals surface area contributed by atoms with Crippen LogP contribution in [0.4, 0.5) is 10.5 Å². The van der Waals surface area contributed by atoms with Crippen LogP contribution in [0.15, 0.2) is 42.5 Å². The number of carbonyl (C=O) groups excluding carboxylic acids is 2. The van der Waals surface area contributed by atoms with Gasteiger partial charge in [-0.2, -0.15) is 0 Å². The van der Waals surface area contributed by atoms with Crippen LogP contribution in [0.3, 0.4) is 0 Å². The van der Waals surface area contributed by atoms with Gasteiger partial charge in [-0.15, -0.1) is 0 Å². The van der Waals surface area contributed by atoms with Crippen molar-refractivity contribution in [2.24, 2.45) is 5.73 Å². The maximum Gasteiger partial charge on any atom is 0.322 e. The smallest absolute Gasteiger partial charge is 0.322 e. The van der Waals surface area contributed by atoms with Crippen LogP contribution < -0.4 is 20.1 Å². The Morgan fingerprint density at radius 2 is 1.79 bits per heavy atom. The van der Waals surface area contributed by atoms with Gasteiger partial charge in [0.1, 0.15) is 17.2 Å².